The van der Waals surface area contributed by atoms with Crippen LogP contribution in [0, 0.1) is 0 Å². The highest BCUT2D eigenvalue weighted by Gasteiger charge is 2.14. The Kier molecular flexibility index (Phi) is 4.73. The molecule has 2 N–H and O–H groups in total. The Morgan fingerprint density at radius 1 is 1.53 bits per heavy atom. The molecule has 2 rings (SSSR count). The van der Waals surface area contributed by atoms with Crippen LogP contribution in [0.15, 0.2) is 22.1 Å². The van der Waals surface area contributed by atoms with E-state index in [9.17, 15) is 4.79 Å². The fourth-order valence-electron chi connectivity index (χ4n) is 1.35. The normalized spacial score (nSPS) is 10.3. The van der Waals surface area contributed by atoms with Crippen LogP contribution in [-0.2, 0) is 0 Å². The third-order valence-corrected chi connectivity index (χ3v) is 3.81. The molecule has 0 aliphatic rings. The lowest BCUT2D eigenvalue weighted by Crippen LogP contribution is -2.15. The van der Waals surface area contributed by atoms with Crippen molar-refractivity contribution in [1.29, 1.82) is 0 Å². The zero-order chi connectivity index (χ0) is 13.8. The molecule has 0 radical (unpaired) electrons. The molecule has 1 amide bonds. The van der Waals surface area contributed by atoms with E-state index < -0.39 is 0 Å². The van der Waals surface area contributed by atoms with Gasteiger partial charge in [-0.2, -0.15) is 0 Å². The predicted octanol–water partition coefficient (Wildman–Crippen LogP) is 3.64. The summed E-state index contributed by atoms with van der Waals surface area (Å²) in [5.74, 6) is 0.226. The molecule has 0 saturated heterocycles. The van der Waals surface area contributed by atoms with Crippen LogP contribution in [0.3, 0.4) is 0 Å². The molecule has 0 aliphatic carbocycles. The Bertz CT molecular complexity index is 604. The maximum atomic E-state index is 12.1. The van der Waals surface area contributed by atoms with Gasteiger partial charge in [0.25, 0.3) is 5.91 Å². The van der Waals surface area contributed by atoms with Crippen LogP contribution in [0.25, 0.3) is 0 Å². The number of anilines is 2. The summed E-state index contributed by atoms with van der Waals surface area (Å²) in [6.45, 7) is 2.66. The van der Waals surface area contributed by atoms with Crippen LogP contribution in [0.4, 0.5) is 10.9 Å². The van der Waals surface area contributed by atoms with E-state index in [-0.39, 0.29) is 11.6 Å². The van der Waals surface area contributed by atoms with Crippen LogP contribution in [0.1, 0.15) is 17.4 Å². The maximum Gasteiger partial charge on any atom is 0.277 e. The summed E-state index contributed by atoms with van der Waals surface area (Å²) in [5.41, 5.74) is 0.173. The van der Waals surface area contributed by atoms with Gasteiger partial charge in [0.1, 0.15) is 11.5 Å². The van der Waals surface area contributed by atoms with Gasteiger partial charge in [-0.25, -0.2) is 9.97 Å². The standard InChI is InChI=1S/C11H10BrClN4OS/c1-2-14-8-4-3-6(13)9(16-8)10(18)17-11-15-5-7(12)19-11/h3-5H,2H2,1H3,(H,14,16)(H,15,17,18). The highest BCUT2D eigenvalue weighted by molar-refractivity contribution is 9.11. The van der Waals surface area contributed by atoms with Crippen molar-refractivity contribution in [3.8, 4) is 0 Å². The second kappa shape index (κ2) is 6.31. The summed E-state index contributed by atoms with van der Waals surface area (Å²) in [5, 5.41) is 6.47. The highest BCUT2D eigenvalue weighted by Crippen LogP contribution is 2.24. The quantitative estimate of drug-likeness (QED) is 0.872. The molecule has 100 valence electrons. The second-order valence-electron chi connectivity index (χ2n) is 3.48. The van der Waals surface area contributed by atoms with Gasteiger partial charge in [0.2, 0.25) is 0 Å². The first-order valence-electron chi connectivity index (χ1n) is 5.43. The van der Waals surface area contributed by atoms with Crippen molar-refractivity contribution in [1.82, 2.24) is 9.97 Å². The van der Waals surface area contributed by atoms with Crippen LogP contribution in [-0.4, -0.2) is 22.4 Å². The fourth-order valence-corrected chi connectivity index (χ4v) is 2.64. The van der Waals surface area contributed by atoms with E-state index in [0.717, 1.165) is 10.3 Å². The smallest absolute Gasteiger partial charge is 0.277 e. The minimum Gasteiger partial charge on any atom is -0.370 e. The number of thiazole rings is 1. The van der Waals surface area contributed by atoms with Crippen LogP contribution in [0.5, 0.6) is 0 Å². The molecular formula is C11H10BrClN4OS. The van der Waals surface area contributed by atoms with Gasteiger partial charge in [-0.05, 0) is 35.0 Å². The molecule has 0 aromatic carbocycles. The van der Waals surface area contributed by atoms with Gasteiger partial charge in [-0.1, -0.05) is 22.9 Å². The number of amides is 1. The van der Waals surface area contributed by atoms with E-state index in [2.05, 4.69) is 36.5 Å². The summed E-state index contributed by atoms with van der Waals surface area (Å²) in [7, 11) is 0. The monoisotopic (exact) mass is 360 g/mol. The van der Waals surface area contributed by atoms with Crippen molar-refractivity contribution in [2.45, 2.75) is 6.92 Å². The summed E-state index contributed by atoms with van der Waals surface area (Å²) in [6, 6.07) is 3.36. The van der Waals surface area contributed by atoms with Crippen LogP contribution >= 0.6 is 38.9 Å². The molecule has 0 unspecified atom stereocenters. The Morgan fingerprint density at radius 3 is 2.95 bits per heavy atom. The lowest BCUT2D eigenvalue weighted by atomic mass is 10.3. The summed E-state index contributed by atoms with van der Waals surface area (Å²) >= 11 is 10.6. The van der Waals surface area contributed by atoms with Crippen molar-refractivity contribution in [2.24, 2.45) is 0 Å². The van der Waals surface area contributed by atoms with Crippen molar-refractivity contribution in [3.63, 3.8) is 0 Å². The molecule has 2 aromatic rings. The van der Waals surface area contributed by atoms with Gasteiger partial charge in [-0.3, -0.25) is 10.1 Å². The van der Waals surface area contributed by atoms with E-state index in [0.29, 0.717) is 16.0 Å². The van der Waals surface area contributed by atoms with Crippen molar-refractivity contribution >= 4 is 55.7 Å². The lowest BCUT2D eigenvalue weighted by Gasteiger charge is -2.07. The molecule has 5 nitrogen and oxygen atoms in total. The molecule has 0 bridgehead atoms. The first-order chi connectivity index (χ1) is 9.10. The molecule has 0 saturated carbocycles. The molecule has 2 aromatic heterocycles. The first kappa shape index (κ1) is 14.2. The lowest BCUT2D eigenvalue weighted by molar-refractivity contribution is 0.102. The van der Waals surface area contributed by atoms with E-state index in [1.807, 2.05) is 6.92 Å². The summed E-state index contributed by atoms with van der Waals surface area (Å²) < 4.78 is 0.836. The third kappa shape index (κ3) is 3.65. The van der Waals surface area contributed by atoms with Gasteiger partial charge < -0.3 is 5.32 Å². The number of hydrogen-bond acceptors (Lipinski definition) is 5. The molecule has 0 atom stereocenters. The van der Waals surface area contributed by atoms with Crippen LogP contribution in [0.2, 0.25) is 5.02 Å². The molecule has 19 heavy (non-hydrogen) atoms. The molecular weight excluding hydrogens is 352 g/mol. The molecule has 2 heterocycles. The van der Waals surface area contributed by atoms with Crippen molar-refractivity contribution < 1.29 is 4.79 Å². The Morgan fingerprint density at radius 2 is 2.32 bits per heavy atom. The SMILES string of the molecule is CCNc1ccc(Cl)c(C(=O)Nc2ncc(Br)s2)n1. The van der Waals surface area contributed by atoms with Gasteiger partial charge in [-0.15, -0.1) is 0 Å². The molecule has 0 spiro atoms. The van der Waals surface area contributed by atoms with Crippen molar-refractivity contribution in [3.05, 3.63) is 32.8 Å². The minimum absolute atomic E-state index is 0.173. The molecule has 8 heteroatoms. The molecule has 0 fully saturated rings. The predicted molar refractivity (Wildman–Crippen MR) is 81.2 cm³/mol. The summed E-state index contributed by atoms with van der Waals surface area (Å²) in [6.07, 6.45) is 1.62. The number of hydrogen-bond donors (Lipinski definition) is 2. The van der Waals surface area contributed by atoms with Crippen LogP contribution < -0.4 is 10.6 Å². The number of rotatable bonds is 4. The van der Waals surface area contributed by atoms with Gasteiger partial charge in [0.05, 0.1) is 15.0 Å². The van der Waals surface area contributed by atoms with E-state index >= 15 is 0 Å². The first-order valence-corrected chi connectivity index (χ1v) is 7.42. The Hall–Kier alpha value is -1.18. The number of nitrogens with one attached hydrogen (secondary N) is 2. The number of aromatic nitrogens is 2. The Balaban J connectivity index is 2.20. The van der Waals surface area contributed by atoms with E-state index in [1.54, 1.807) is 18.3 Å². The van der Waals surface area contributed by atoms with Gasteiger partial charge in [0.15, 0.2) is 5.13 Å². The number of halogens is 2. The average molecular weight is 362 g/mol. The zero-order valence-corrected chi connectivity index (χ0v) is 13.1. The number of carbonyl (C=O) groups is 1. The van der Waals surface area contributed by atoms with Gasteiger partial charge >= 0.3 is 0 Å². The topological polar surface area (TPSA) is 66.9 Å². The maximum absolute atomic E-state index is 12.1. The van der Waals surface area contributed by atoms with Gasteiger partial charge in [0, 0.05) is 6.54 Å². The number of carbonyl (C=O) groups excluding carboxylic acids is 1. The number of pyridine rings is 1. The average Bonchev–Trinajstić information content (AvgIpc) is 2.77. The fraction of sp³-hybridized carbons (Fsp3) is 0.182. The summed E-state index contributed by atoms with van der Waals surface area (Å²) in [4.78, 5) is 20.3. The largest absolute Gasteiger partial charge is 0.370 e. The number of nitrogens with zero attached hydrogens (tertiary/aromatic N) is 2. The Labute approximate surface area is 127 Å². The van der Waals surface area contributed by atoms with Crippen molar-refractivity contribution in [2.75, 3.05) is 17.2 Å². The minimum atomic E-state index is -0.383. The molecule has 0 aliphatic heterocycles. The van der Waals surface area contributed by atoms with E-state index in [4.69, 9.17) is 11.6 Å². The second-order valence-corrected chi connectivity index (χ2v) is 6.30. The highest BCUT2D eigenvalue weighted by atomic mass is 79.9. The zero-order valence-electron chi connectivity index (χ0n) is 9.91. The third-order valence-electron chi connectivity index (χ3n) is 2.12. The van der Waals surface area contributed by atoms with E-state index in [1.165, 1.54) is 11.3 Å².